The Hall–Kier alpha value is -0.390. The second-order valence-corrected chi connectivity index (χ2v) is 6.08. The first-order valence-corrected chi connectivity index (χ1v) is 8.34. The van der Waals surface area contributed by atoms with Gasteiger partial charge in [-0.3, -0.25) is 0 Å². The van der Waals surface area contributed by atoms with Crippen molar-refractivity contribution in [2.75, 3.05) is 20.1 Å². The molecule has 6 heteroatoms. The number of hydrogen-bond acceptors (Lipinski definition) is 1. The average molecular weight is 331 g/mol. The van der Waals surface area contributed by atoms with E-state index in [0.717, 1.165) is 19.4 Å². The largest absolute Gasteiger partial charge is 0.453 e. The summed E-state index contributed by atoms with van der Waals surface area (Å²) in [6, 6.07) is 0. The van der Waals surface area contributed by atoms with Crippen molar-refractivity contribution >= 4 is 0 Å². The normalized spacial score (nSPS) is 13.1. The molecule has 22 heavy (non-hydrogen) atoms. The van der Waals surface area contributed by atoms with Crippen LogP contribution < -0.4 is 0 Å². The molecule has 0 spiro atoms. The van der Waals surface area contributed by atoms with Gasteiger partial charge in [-0.2, -0.15) is 22.0 Å². The fraction of sp³-hybridized carbons (Fsp3) is 1.00. The van der Waals surface area contributed by atoms with Crippen LogP contribution in [-0.4, -0.2) is 37.1 Å². The summed E-state index contributed by atoms with van der Waals surface area (Å²) in [5, 5.41) is 0. The molecular formula is C16H30F5N. The molecular weight excluding hydrogens is 301 g/mol. The second kappa shape index (κ2) is 11.2. The molecule has 0 aromatic rings. The van der Waals surface area contributed by atoms with Crippen molar-refractivity contribution in [3.05, 3.63) is 0 Å². The van der Waals surface area contributed by atoms with Crippen molar-refractivity contribution in [2.24, 2.45) is 0 Å². The molecule has 0 amide bonds. The predicted molar refractivity (Wildman–Crippen MR) is 80.3 cm³/mol. The molecule has 0 saturated carbocycles. The van der Waals surface area contributed by atoms with E-state index in [-0.39, 0.29) is 13.0 Å². The Labute approximate surface area is 131 Å². The van der Waals surface area contributed by atoms with Gasteiger partial charge in [0.25, 0.3) is 0 Å². The highest BCUT2D eigenvalue weighted by Crippen LogP contribution is 2.38. The van der Waals surface area contributed by atoms with Gasteiger partial charge in [0.2, 0.25) is 0 Å². The van der Waals surface area contributed by atoms with E-state index in [1.54, 1.807) is 7.05 Å². The van der Waals surface area contributed by atoms with Crippen LogP contribution in [0.25, 0.3) is 0 Å². The lowest BCUT2D eigenvalue weighted by molar-refractivity contribution is -0.284. The molecule has 0 radical (unpaired) electrons. The minimum atomic E-state index is -5.43. The van der Waals surface area contributed by atoms with Crippen LogP contribution in [0, 0.1) is 0 Å². The molecule has 0 aliphatic heterocycles. The number of rotatable bonds is 13. The van der Waals surface area contributed by atoms with Crippen molar-refractivity contribution in [1.29, 1.82) is 0 Å². The van der Waals surface area contributed by atoms with E-state index in [9.17, 15) is 22.0 Å². The van der Waals surface area contributed by atoms with E-state index < -0.39 is 18.5 Å². The zero-order chi connectivity index (χ0) is 17.1. The molecule has 0 saturated heterocycles. The molecule has 0 aliphatic rings. The van der Waals surface area contributed by atoms with Gasteiger partial charge >= 0.3 is 12.1 Å². The lowest BCUT2D eigenvalue weighted by Gasteiger charge is -2.21. The summed E-state index contributed by atoms with van der Waals surface area (Å²) in [6.45, 7) is 3.22. The van der Waals surface area contributed by atoms with Crippen LogP contribution in [0.3, 0.4) is 0 Å². The summed E-state index contributed by atoms with van der Waals surface area (Å²) in [5.41, 5.74) is 0. The Bertz CT molecular complexity index is 266. The summed E-state index contributed by atoms with van der Waals surface area (Å²) in [4.78, 5) is 1.84. The van der Waals surface area contributed by atoms with Gasteiger partial charge in [0.05, 0.1) is 0 Å². The molecule has 134 valence electrons. The van der Waals surface area contributed by atoms with Gasteiger partial charge in [-0.05, 0) is 33.0 Å². The topological polar surface area (TPSA) is 3.24 Å². The van der Waals surface area contributed by atoms with Crippen molar-refractivity contribution < 1.29 is 22.0 Å². The maximum absolute atomic E-state index is 12.7. The molecule has 0 aromatic carbocycles. The Balaban J connectivity index is 3.53. The van der Waals surface area contributed by atoms with Gasteiger partial charge in [0, 0.05) is 6.42 Å². The van der Waals surface area contributed by atoms with Crippen molar-refractivity contribution in [3.8, 4) is 0 Å². The third-order valence-corrected chi connectivity index (χ3v) is 3.84. The van der Waals surface area contributed by atoms with Gasteiger partial charge in [-0.15, -0.1) is 0 Å². The molecule has 0 N–H and O–H groups in total. The average Bonchev–Trinajstić information content (AvgIpc) is 2.40. The molecule has 0 fully saturated rings. The zero-order valence-electron chi connectivity index (χ0n) is 13.8. The Morgan fingerprint density at radius 1 is 0.682 bits per heavy atom. The molecule has 0 aliphatic carbocycles. The summed E-state index contributed by atoms with van der Waals surface area (Å²) in [7, 11) is 1.77. The second-order valence-electron chi connectivity index (χ2n) is 6.08. The number of alkyl halides is 5. The summed E-state index contributed by atoms with van der Waals surface area (Å²) >= 11 is 0. The lowest BCUT2D eigenvalue weighted by Crippen LogP contribution is -2.37. The van der Waals surface area contributed by atoms with E-state index in [2.05, 4.69) is 6.92 Å². The predicted octanol–water partition coefficient (Wildman–Crippen LogP) is 6.04. The van der Waals surface area contributed by atoms with E-state index >= 15 is 0 Å². The minimum Gasteiger partial charge on any atom is -0.306 e. The van der Waals surface area contributed by atoms with Crippen LogP contribution in [0.4, 0.5) is 22.0 Å². The Kier molecular flexibility index (Phi) is 11.0. The van der Waals surface area contributed by atoms with Gasteiger partial charge in [-0.1, -0.05) is 51.9 Å². The summed E-state index contributed by atoms with van der Waals surface area (Å²) in [6.07, 6.45) is 2.82. The number of halogens is 5. The number of hydrogen-bond donors (Lipinski definition) is 0. The van der Waals surface area contributed by atoms with Crippen molar-refractivity contribution in [3.63, 3.8) is 0 Å². The first-order chi connectivity index (χ1) is 10.2. The maximum Gasteiger partial charge on any atom is 0.453 e. The quantitative estimate of drug-likeness (QED) is 0.294. The number of unbranched alkanes of at least 4 members (excludes halogenated alkanes) is 7. The number of nitrogens with zero attached hydrogens (tertiary/aromatic N) is 1. The van der Waals surface area contributed by atoms with E-state index in [4.69, 9.17) is 0 Å². The van der Waals surface area contributed by atoms with Crippen LogP contribution in [0.2, 0.25) is 0 Å². The fourth-order valence-electron chi connectivity index (χ4n) is 2.34. The van der Waals surface area contributed by atoms with Gasteiger partial charge in [0.15, 0.2) is 0 Å². The fourth-order valence-corrected chi connectivity index (χ4v) is 2.34. The first kappa shape index (κ1) is 21.6. The monoisotopic (exact) mass is 331 g/mol. The van der Waals surface area contributed by atoms with Gasteiger partial charge in [0.1, 0.15) is 0 Å². The van der Waals surface area contributed by atoms with Crippen LogP contribution in [-0.2, 0) is 0 Å². The molecule has 0 atom stereocenters. The lowest BCUT2D eigenvalue weighted by atomic mass is 10.1. The Morgan fingerprint density at radius 3 is 1.64 bits per heavy atom. The molecule has 0 heterocycles. The molecule has 0 bridgehead atoms. The van der Waals surface area contributed by atoms with Crippen molar-refractivity contribution in [2.45, 2.75) is 83.2 Å². The maximum atomic E-state index is 12.7. The van der Waals surface area contributed by atoms with Gasteiger partial charge in [-0.25, -0.2) is 0 Å². The standard InChI is InChI=1S/C16H30F5N/c1-3-4-5-6-7-8-9-10-13-22(2)14-11-12-15(17,18)16(19,20)21/h3-14H2,1-2H3. The third kappa shape index (κ3) is 10.4. The van der Waals surface area contributed by atoms with Gasteiger partial charge < -0.3 is 4.90 Å². The van der Waals surface area contributed by atoms with E-state index in [1.165, 1.54) is 38.5 Å². The first-order valence-electron chi connectivity index (χ1n) is 8.34. The van der Waals surface area contributed by atoms with Crippen LogP contribution >= 0.6 is 0 Å². The van der Waals surface area contributed by atoms with Crippen molar-refractivity contribution in [1.82, 2.24) is 4.90 Å². The van der Waals surface area contributed by atoms with Crippen LogP contribution in [0.15, 0.2) is 0 Å². The highest BCUT2D eigenvalue weighted by molar-refractivity contribution is 4.75. The summed E-state index contributed by atoms with van der Waals surface area (Å²) in [5.74, 6) is -4.56. The third-order valence-electron chi connectivity index (χ3n) is 3.84. The van der Waals surface area contributed by atoms with E-state index in [0.29, 0.717) is 0 Å². The highest BCUT2D eigenvalue weighted by Gasteiger charge is 2.56. The highest BCUT2D eigenvalue weighted by atomic mass is 19.4. The Morgan fingerprint density at radius 2 is 1.14 bits per heavy atom. The molecule has 0 aromatic heterocycles. The molecule has 0 unspecified atom stereocenters. The molecule has 0 rings (SSSR count). The zero-order valence-corrected chi connectivity index (χ0v) is 13.8. The minimum absolute atomic E-state index is 0.139. The van der Waals surface area contributed by atoms with Crippen LogP contribution in [0.5, 0.6) is 0 Å². The van der Waals surface area contributed by atoms with E-state index in [1.807, 2.05) is 4.90 Å². The molecule has 1 nitrogen and oxygen atoms in total. The van der Waals surface area contributed by atoms with Crippen LogP contribution in [0.1, 0.15) is 71.1 Å². The summed E-state index contributed by atoms with van der Waals surface area (Å²) < 4.78 is 61.4. The SMILES string of the molecule is CCCCCCCCCCN(C)CCCC(F)(F)C(F)(F)F. The smallest absolute Gasteiger partial charge is 0.306 e.